The Morgan fingerprint density at radius 3 is 1.88 bits per heavy atom. The topological polar surface area (TPSA) is 47.3 Å². The highest BCUT2D eigenvalue weighted by molar-refractivity contribution is 5.97. The van der Waals surface area contributed by atoms with E-state index in [9.17, 15) is 9.59 Å². The van der Waals surface area contributed by atoms with Crippen LogP contribution in [0.5, 0.6) is 0 Å². The second-order valence-corrected chi connectivity index (χ2v) is 5.68. The van der Waals surface area contributed by atoms with E-state index in [0.717, 1.165) is 5.39 Å². The van der Waals surface area contributed by atoms with Gasteiger partial charge in [-0.25, -0.2) is 4.79 Å². The first-order valence-electron chi connectivity index (χ1n) is 10.1. The van der Waals surface area contributed by atoms with Crippen molar-refractivity contribution in [2.75, 3.05) is 0 Å². The van der Waals surface area contributed by atoms with Gasteiger partial charge in [0.05, 0.1) is 0 Å². The fraction of sp³-hybridized carbons (Fsp3) is 0.565. The maximum absolute atomic E-state index is 11.4. The summed E-state index contributed by atoms with van der Waals surface area (Å²) in [5.41, 5.74) is 0.0897. The van der Waals surface area contributed by atoms with Gasteiger partial charge in [-0.3, -0.25) is 4.79 Å². The molecule has 0 saturated carbocycles. The Kier molecular flexibility index (Phi) is 18.1. The number of hydrogen-bond acceptors (Lipinski definition) is 3. The largest absolute Gasteiger partial charge is 0.422 e. The molecule has 1 aromatic heterocycles. The predicted octanol–water partition coefficient (Wildman–Crippen LogP) is 7.41. The molecule has 0 spiro atoms. The van der Waals surface area contributed by atoms with Crippen molar-refractivity contribution in [1.29, 1.82) is 0 Å². The fourth-order valence-electron chi connectivity index (χ4n) is 1.95. The maximum atomic E-state index is 11.4. The molecular formula is C23H38O3. The van der Waals surface area contributed by atoms with E-state index in [1.54, 1.807) is 25.1 Å². The second kappa shape index (κ2) is 17.9. The first-order chi connectivity index (χ1) is 12.5. The van der Waals surface area contributed by atoms with Crippen molar-refractivity contribution >= 4 is 16.8 Å². The van der Waals surface area contributed by atoms with Gasteiger partial charge in [0.25, 0.3) is 0 Å². The van der Waals surface area contributed by atoms with E-state index in [2.05, 4.69) is 27.7 Å². The molecule has 148 valence electrons. The van der Waals surface area contributed by atoms with Crippen molar-refractivity contribution in [3.63, 3.8) is 0 Å². The number of fused-ring (bicyclic) bond motifs is 1. The SMILES string of the molecule is CC.CCC.CCC(=O)c1cc2ccccc2oc1=O.CCCCCC. The zero-order valence-electron chi connectivity index (χ0n) is 17.9. The summed E-state index contributed by atoms with van der Waals surface area (Å²) in [6.45, 7) is 14.4. The summed E-state index contributed by atoms with van der Waals surface area (Å²) in [5.74, 6) is -0.186. The van der Waals surface area contributed by atoms with Gasteiger partial charge in [-0.05, 0) is 12.1 Å². The van der Waals surface area contributed by atoms with Crippen LogP contribution in [-0.4, -0.2) is 5.78 Å². The molecule has 0 aliphatic carbocycles. The van der Waals surface area contributed by atoms with Crippen molar-refractivity contribution in [1.82, 2.24) is 0 Å². The molecule has 26 heavy (non-hydrogen) atoms. The van der Waals surface area contributed by atoms with Gasteiger partial charge in [-0.2, -0.15) is 0 Å². The Balaban J connectivity index is 0. The third-order valence-corrected chi connectivity index (χ3v) is 3.22. The van der Waals surface area contributed by atoms with Crippen molar-refractivity contribution in [3.05, 3.63) is 46.3 Å². The molecule has 0 bridgehead atoms. The normalized spacial score (nSPS) is 9.04. The Morgan fingerprint density at radius 2 is 1.42 bits per heavy atom. The van der Waals surface area contributed by atoms with Crippen LogP contribution in [-0.2, 0) is 0 Å². The minimum absolute atomic E-state index is 0.135. The Hall–Kier alpha value is -1.90. The number of ketones is 1. The number of benzene rings is 1. The molecular weight excluding hydrogens is 324 g/mol. The molecule has 0 saturated heterocycles. The fourth-order valence-corrected chi connectivity index (χ4v) is 1.95. The Bertz CT molecular complexity index is 637. The van der Waals surface area contributed by atoms with Gasteiger partial charge >= 0.3 is 5.63 Å². The number of unbranched alkanes of at least 4 members (excludes halogenated alkanes) is 3. The first kappa shape index (κ1) is 26.3. The van der Waals surface area contributed by atoms with Gasteiger partial charge in [-0.1, -0.05) is 98.8 Å². The van der Waals surface area contributed by atoms with Gasteiger partial charge < -0.3 is 4.42 Å². The highest BCUT2D eigenvalue weighted by atomic mass is 16.4. The number of carbonyl (C=O) groups excluding carboxylic acids is 1. The van der Waals surface area contributed by atoms with Crippen LogP contribution < -0.4 is 5.63 Å². The molecule has 0 aliphatic heterocycles. The zero-order chi connectivity index (χ0) is 20.4. The molecule has 0 fully saturated rings. The van der Waals surface area contributed by atoms with Crippen molar-refractivity contribution in [2.24, 2.45) is 0 Å². The molecule has 0 unspecified atom stereocenters. The summed E-state index contributed by atoms with van der Waals surface area (Å²) in [6, 6.07) is 8.73. The van der Waals surface area contributed by atoms with Gasteiger partial charge in [0.1, 0.15) is 11.1 Å². The Morgan fingerprint density at radius 1 is 0.923 bits per heavy atom. The van der Waals surface area contributed by atoms with E-state index in [1.807, 2.05) is 26.0 Å². The van der Waals surface area contributed by atoms with Crippen molar-refractivity contribution in [2.45, 2.75) is 87.0 Å². The van der Waals surface area contributed by atoms with Crippen LogP contribution in [0.1, 0.15) is 97.3 Å². The summed E-state index contributed by atoms with van der Waals surface area (Å²) in [6.07, 6.45) is 7.10. The summed E-state index contributed by atoms with van der Waals surface area (Å²) in [7, 11) is 0. The standard InChI is InChI=1S/C12H10O3.C6H14.C3H8.C2H6/c1-2-10(13)9-7-8-5-3-4-6-11(8)15-12(9)14;1-3-5-6-4-2;1-3-2;1-2/h3-7H,2H2,1H3;3-6H2,1-2H3;3H2,1-2H3;1-2H3. The smallest absolute Gasteiger partial charge is 0.347 e. The summed E-state index contributed by atoms with van der Waals surface area (Å²) in [5, 5.41) is 0.772. The molecule has 1 heterocycles. The Labute approximate surface area is 159 Å². The molecule has 1 aromatic carbocycles. The number of Topliss-reactive ketones (excluding diaryl/α,β-unsaturated/α-hetero) is 1. The number of para-hydroxylation sites is 1. The van der Waals surface area contributed by atoms with E-state index < -0.39 is 5.63 Å². The van der Waals surface area contributed by atoms with Crippen LogP contribution in [0.4, 0.5) is 0 Å². The molecule has 2 aromatic rings. The van der Waals surface area contributed by atoms with Gasteiger partial charge in [-0.15, -0.1) is 0 Å². The second-order valence-electron chi connectivity index (χ2n) is 5.68. The zero-order valence-corrected chi connectivity index (χ0v) is 17.9. The minimum Gasteiger partial charge on any atom is -0.422 e. The monoisotopic (exact) mass is 362 g/mol. The van der Waals surface area contributed by atoms with E-state index in [1.165, 1.54) is 32.1 Å². The predicted molar refractivity (Wildman–Crippen MR) is 114 cm³/mol. The average molecular weight is 363 g/mol. The van der Waals surface area contributed by atoms with Crippen molar-refractivity contribution in [3.8, 4) is 0 Å². The lowest BCUT2D eigenvalue weighted by Crippen LogP contribution is -2.12. The molecule has 3 nitrogen and oxygen atoms in total. The van der Waals surface area contributed by atoms with Gasteiger partial charge in [0.2, 0.25) is 0 Å². The quantitative estimate of drug-likeness (QED) is 0.316. The van der Waals surface area contributed by atoms with E-state index in [4.69, 9.17) is 4.42 Å². The molecule has 2 rings (SSSR count). The van der Waals surface area contributed by atoms with Crippen molar-refractivity contribution < 1.29 is 9.21 Å². The van der Waals surface area contributed by atoms with Crippen LogP contribution in [0.25, 0.3) is 11.0 Å². The maximum Gasteiger partial charge on any atom is 0.347 e. The number of rotatable bonds is 5. The molecule has 3 heteroatoms. The number of hydrogen-bond donors (Lipinski definition) is 0. The summed E-state index contributed by atoms with van der Waals surface area (Å²) in [4.78, 5) is 22.9. The third kappa shape index (κ3) is 10.9. The lowest BCUT2D eigenvalue weighted by Gasteiger charge is -1.99. The van der Waals surface area contributed by atoms with E-state index >= 15 is 0 Å². The van der Waals surface area contributed by atoms with Crippen LogP contribution >= 0.6 is 0 Å². The highest BCUT2D eigenvalue weighted by Crippen LogP contribution is 2.13. The highest BCUT2D eigenvalue weighted by Gasteiger charge is 2.10. The lowest BCUT2D eigenvalue weighted by atomic mass is 10.1. The number of carbonyl (C=O) groups is 1. The summed E-state index contributed by atoms with van der Waals surface area (Å²) < 4.78 is 5.04. The van der Waals surface area contributed by atoms with Crippen LogP contribution in [0.2, 0.25) is 0 Å². The molecule has 0 atom stereocenters. The van der Waals surface area contributed by atoms with E-state index in [0.29, 0.717) is 12.0 Å². The third-order valence-electron chi connectivity index (χ3n) is 3.22. The van der Waals surface area contributed by atoms with Gasteiger partial charge in [0, 0.05) is 11.8 Å². The molecule has 0 amide bonds. The summed E-state index contributed by atoms with van der Waals surface area (Å²) >= 11 is 0. The van der Waals surface area contributed by atoms with Crippen LogP contribution in [0.15, 0.2) is 39.5 Å². The first-order valence-corrected chi connectivity index (χ1v) is 10.1. The molecule has 0 N–H and O–H groups in total. The van der Waals surface area contributed by atoms with Crippen LogP contribution in [0.3, 0.4) is 0 Å². The lowest BCUT2D eigenvalue weighted by molar-refractivity contribution is 0.0985. The molecule has 0 radical (unpaired) electrons. The van der Waals surface area contributed by atoms with Crippen LogP contribution in [0, 0.1) is 0 Å². The molecule has 0 aliphatic rings. The minimum atomic E-state index is -0.555. The van der Waals surface area contributed by atoms with Gasteiger partial charge in [0.15, 0.2) is 5.78 Å². The average Bonchev–Trinajstić information content (AvgIpc) is 2.68. The van der Waals surface area contributed by atoms with E-state index in [-0.39, 0.29) is 11.3 Å².